The minimum absolute atomic E-state index is 0.313. The third-order valence-corrected chi connectivity index (χ3v) is 31.4. The summed E-state index contributed by atoms with van der Waals surface area (Å²) in [5.74, 6) is 0. The molecule has 0 aromatic rings. The molecule has 2 rings (SSSR count). The van der Waals surface area contributed by atoms with Crippen molar-refractivity contribution in [3.63, 3.8) is 0 Å². The van der Waals surface area contributed by atoms with Gasteiger partial charge in [0.15, 0.2) is 0 Å². The molecule has 0 saturated carbocycles. The fourth-order valence-corrected chi connectivity index (χ4v) is 26.7. The second kappa shape index (κ2) is 16.6. The first-order valence-electron chi connectivity index (χ1n) is 19.9. The van der Waals surface area contributed by atoms with E-state index in [4.69, 9.17) is 27.3 Å². The monoisotopic (exact) mass is 741 g/mol. The summed E-state index contributed by atoms with van der Waals surface area (Å²) in [7, 11) is -7.59. The van der Waals surface area contributed by atoms with Gasteiger partial charge in [0, 0.05) is 0 Å². The molecule has 0 bridgehead atoms. The Morgan fingerprint density at radius 2 is 0.878 bits per heavy atom. The zero-order valence-corrected chi connectivity index (χ0v) is 39.2. The van der Waals surface area contributed by atoms with Crippen LogP contribution in [0, 0.1) is 0 Å². The summed E-state index contributed by atoms with van der Waals surface area (Å²) in [6.45, 7) is 51.4. The molecule has 1 fully saturated rings. The third kappa shape index (κ3) is 8.57. The molecular weight excluding hydrogens is 659 g/mol. The van der Waals surface area contributed by atoms with Crippen LogP contribution >= 0.6 is 0 Å². The van der Waals surface area contributed by atoms with E-state index in [1.165, 1.54) is 0 Å². The Morgan fingerprint density at radius 3 is 1.20 bits per heavy atom. The highest BCUT2D eigenvalue weighted by molar-refractivity contribution is 6.78. The number of hydrogen-bond donors (Lipinski definition) is 0. The minimum atomic E-state index is -2.38. The second-order valence-electron chi connectivity index (χ2n) is 19.2. The van der Waals surface area contributed by atoms with Crippen molar-refractivity contribution in [3.8, 4) is 0 Å². The maximum absolute atomic E-state index is 7.83. The Kier molecular flexibility index (Phi) is 15.3. The zero-order valence-electron chi connectivity index (χ0n) is 36.2. The molecule has 0 aromatic heterocycles. The molecule has 3 atom stereocenters. The Labute approximate surface area is 308 Å². The van der Waals surface area contributed by atoms with Crippen LogP contribution in [-0.2, 0) is 27.3 Å². The average Bonchev–Trinajstić information content (AvgIpc) is 3.15. The standard InChI is InChI=1S/C39H81BO6Si3/c1-25(2)47(26(3)4,27(5)6)41-24-35-37(44-49(31(13)14,32(15)16)33(17)18)34(43-48(28(7)8,29(9)10)30(11)12)23-36(42-35)40-45-38(19,20)39(21,22)46-40/h23,25-35,37H,24H2,1-22H3/t34-,35-,37-/m1/s1. The van der Waals surface area contributed by atoms with E-state index in [-0.39, 0.29) is 18.3 Å². The summed E-state index contributed by atoms with van der Waals surface area (Å²) in [5.41, 5.74) is 3.60. The quantitative estimate of drug-likeness (QED) is 0.138. The Morgan fingerprint density at radius 1 is 0.551 bits per heavy atom. The van der Waals surface area contributed by atoms with E-state index in [9.17, 15) is 0 Å². The molecule has 0 aromatic carbocycles. The van der Waals surface area contributed by atoms with Gasteiger partial charge in [-0.2, -0.15) is 0 Å². The molecule has 0 spiro atoms. The molecule has 49 heavy (non-hydrogen) atoms. The lowest BCUT2D eigenvalue weighted by Crippen LogP contribution is -2.62. The number of hydrogen-bond acceptors (Lipinski definition) is 6. The lowest BCUT2D eigenvalue weighted by atomic mass is 9.83. The zero-order chi connectivity index (χ0) is 38.2. The molecule has 1 saturated heterocycles. The molecule has 10 heteroatoms. The average molecular weight is 741 g/mol. The van der Waals surface area contributed by atoms with Crippen LogP contribution in [0.1, 0.15) is 152 Å². The fourth-order valence-electron chi connectivity index (χ4n) is 10.2. The van der Waals surface area contributed by atoms with Crippen molar-refractivity contribution in [3.05, 3.63) is 11.7 Å². The van der Waals surface area contributed by atoms with Crippen LogP contribution in [-0.4, -0.2) is 68.2 Å². The Hall–Kier alpha value is 0.0556. The summed E-state index contributed by atoms with van der Waals surface area (Å²) in [4.78, 5) is 0. The highest BCUT2D eigenvalue weighted by atomic mass is 28.4. The summed E-state index contributed by atoms with van der Waals surface area (Å²) in [6, 6.07) is 0. The Balaban J connectivity index is 2.93. The molecule has 2 aliphatic heterocycles. The third-order valence-electron chi connectivity index (χ3n) is 13.1. The van der Waals surface area contributed by atoms with Crippen molar-refractivity contribution < 1.29 is 27.3 Å². The van der Waals surface area contributed by atoms with Crippen LogP contribution < -0.4 is 0 Å². The van der Waals surface area contributed by atoms with Crippen LogP contribution in [0.3, 0.4) is 0 Å². The van der Waals surface area contributed by atoms with Crippen LogP contribution in [0.4, 0.5) is 0 Å². The van der Waals surface area contributed by atoms with Gasteiger partial charge in [0.2, 0.25) is 25.0 Å². The highest BCUT2D eigenvalue weighted by Crippen LogP contribution is 2.50. The number of rotatable bonds is 17. The summed E-state index contributed by atoms with van der Waals surface area (Å²) >= 11 is 0. The molecule has 0 unspecified atom stereocenters. The van der Waals surface area contributed by atoms with Crippen LogP contribution in [0.5, 0.6) is 0 Å². The van der Waals surface area contributed by atoms with E-state index in [0.717, 1.165) is 0 Å². The van der Waals surface area contributed by atoms with E-state index in [2.05, 4.69) is 158 Å². The van der Waals surface area contributed by atoms with Gasteiger partial charge in [-0.15, -0.1) is 0 Å². The lowest BCUT2D eigenvalue weighted by Gasteiger charge is -2.52. The summed E-state index contributed by atoms with van der Waals surface area (Å²) < 4.78 is 43.5. The Bertz CT molecular complexity index is 1000. The lowest BCUT2D eigenvalue weighted by molar-refractivity contribution is -0.0777. The number of ether oxygens (including phenoxy) is 1. The first-order valence-corrected chi connectivity index (χ1v) is 26.3. The van der Waals surface area contributed by atoms with Gasteiger partial charge in [-0.25, -0.2) is 0 Å². The van der Waals surface area contributed by atoms with Gasteiger partial charge in [0.25, 0.3) is 0 Å². The molecule has 2 aliphatic rings. The van der Waals surface area contributed by atoms with Crippen molar-refractivity contribution in [2.24, 2.45) is 0 Å². The SMILES string of the molecule is CC(C)[Si](OC[C@H]1OC(B2OC(C)(C)C(C)(C)O2)=C[C@@H](O[Si](C(C)C)(C(C)C)C(C)C)[C@H]1O[Si](C(C)C)(C(C)C)C(C)C)(C(C)C)C(C)C. The van der Waals surface area contributed by atoms with Crippen molar-refractivity contribution in [1.82, 2.24) is 0 Å². The maximum Gasteiger partial charge on any atom is 0.531 e. The molecule has 288 valence electrons. The predicted molar refractivity (Wildman–Crippen MR) is 218 cm³/mol. The van der Waals surface area contributed by atoms with Crippen molar-refractivity contribution in [2.75, 3.05) is 6.61 Å². The van der Waals surface area contributed by atoms with E-state index in [1.807, 2.05) is 0 Å². The second-order valence-corrected chi connectivity index (χ2v) is 35.5. The van der Waals surface area contributed by atoms with Gasteiger partial charge >= 0.3 is 7.12 Å². The van der Waals surface area contributed by atoms with Gasteiger partial charge in [0.1, 0.15) is 17.9 Å². The van der Waals surface area contributed by atoms with Crippen LogP contribution in [0.2, 0.25) is 49.9 Å². The van der Waals surface area contributed by atoms with Crippen LogP contribution in [0.25, 0.3) is 0 Å². The van der Waals surface area contributed by atoms with Gasteiger partial charge < -0.3 is 27.3 Å². The van der Waals surface area contributed by atoms with Gasteiger partial charge in [-0.1, -0.05) is 125 Å². The van der Waals surface area contributed by atoms with E-state index in [1.54, 1.807) is 0 Å². The van der Waals surface area contributed by atoms with Gasteiger partial charge in [0.05, 0.1) is 23.9 Å². The predicted octanol–water partition coefficient (Wildman–Crippen LogP) is 12.2. The largest absolute Gasteiger partial charge is 0.531 e. The van der Waals surface area contributed by atoms with Crippen molar-refractivity contribution >= 4 is 32.1 Å². The topological polar surface area (TPSA) is 55.4 Å². The molecule has 0 aliphatic carbocycles. The van der Waals surface area contributed by atoms with E-state index in [0.29, 0.717) is 62.1 Å². The smallest absolute Gasteiger partial charge is 0.493 e. The summed E-state index contributed by atoms with van der Waals surface area (Å²) in [5, 5.41) is 0. The molecule has 6 nitrogen and oxygen atoms in total. The molecule has 2 heterocycles. The summed E-state index contributed by atoms with van der Waals surface area (Å²) in [6.07, 6.45) is 1.20. The van der Waals surface area contributed by atoms with E-state index < -0.39 is 43.3 Å². The highest BCUT2D eigenvalue weighted by Gasteiger charge is 2.58. The normalized spacial score (nSPS) is 23.9. The van der Waals surface area contributed by atoms with Crippen LogP contribution in [0.15, 0.2) is 11.7 Å². The first-order chi connectivity index (χ1) is 22.2. The van der Waals surface area contributed by atoms with Crippen molar-refractivity contribution in [2.45, 2.75) is 232 Å². The molecule has 0 amide bonds. The molecule has 0 N–H and O–H groups in total. The van der Waals surface area contributed by atoms with Gasteiger partial charge in [-0.05, 0) is 83.6 Å². The van der Waals surface area contributed by atoms with Crippen molar-refractivity contribution in [1.29, 1.82) is 0 Å². The van der Waals surface area contributed by atoms with E-state index >= 15 is 0 Å². The molecular formula is C39H81BO6Si3. The maximum atomic E-state index is 7.83. The molecule has 0 radical (unpaired) electrons. The van der Waals surface area contributed by atoms with Gasteiger partial charge in [-0.3, -0.25) is 0 Å². The first kappa shape index (κ1) is 45.2. The fraction of sp³-hybridized carbons (Fsp3) is 0.949. The minimum Gasteiger partial charge on any atom is -0.493 e.